The van der Waals surface area contributed by atoms with Gasteiger partial charge in [0.1, 0.15) is 5.60 Å². The number of hydrogen-bond donors (Lipinski definition) is 1. The predicted molar refractivity (Wildman–Crippen MR) is 57.8 cm³/mol. The van der Waals surface area contributed by atoms with Crippen LogP contribution < -0.4 is 5.32 Å². The second kappa shape index (κ2) is 5.35. The molecule has 1 rings (SSSR count). The summed E-state index contributed by atoms with van der Waals surface area (Å²) in [5.74, 6) is 0.436. The van der Waals surface area contributed by atoms with Crippen molar-refractivity contribution in [1.29, 1.82) is 0 Å². The molecule has 0 bridgehead atoms. The fraction of sp³-hybridized carbons (Fsp3) is 0.909. The predicted octanol–water partition coefficient (Wildman–Crippen LogP) is 1.94. The summed E-state index contributed by atoms with van der Waals surface area (Å²) in [7, 11) is 0. The van der Waals surface area contributed by atoms with Crippen molar-refractivity contribution in [2.75, 3.05) is 19.8 Å². The summed E-state index contributed by atoms with van der Waals surface area (Å²) in [5.41, 5.74) is -0.423. The van der Waals surface area contributed by atoms with Gasteiger partial charge in [0, 0.05) is 13.2 Å². The lowest BCUT2D eigenvalue weighted by Gasteiger charge is -2.24. The molecule has 0 spiro atoms. The fourth-order valence-electron chi connectivity index (χ4n) is 1.51. The molecule has 0 radical (unpaired) electrons. The Labute approximate surface area is 91.3 Å². The van der Waals surface area contributed by atoms with Crippen LogP contribution in [-0.2, 0) is 9.47 Å². The van der Waals surface area contributed by atoms with Gasteiger partial charge in [0.05, 0.1) is 6.61 Å². The number of hydrogen-bond acceptors (Lipinski definition) is 3. The average molecular weight is 215 g/mol. The van der Waals surface area contributed by atoms with E-state index in [0.29, 0.717) is 12.5 Å². The quantitative estimate of drug-likeness (QED) is 0.765. The van der Waals surface area contributed by atoms with Crippen molar-refractivity contribution < 1.29 is 14.3 Å². The van der Waals surface area contributed by atoms with E-state index in [1.54, 1.807) is 0 Å². The van der Waals surface area contributed by atoms with Crippen molar-refractivity contribution in [3.63, 3.8) is 0 Å². The zero-order valence-corrected chi connectivity index (χ0v) is 9.84. The Hall–Kier alpha value is -0.770. The van der Waals surface area contributed by atoms with Crippen molar-refractivity contribution in [2.24, 2.45) is 5.92 Å². The first-order valence-electron chi connectivity index (χ1n) is 5.52. The van der Waals surface area contributed by atoms with E-state index in [2.05, 4.69) is 5.32 Å². The molecule has 88 valence electrons. The summed E-state index contributed by atoms with van der Waals surface area (Å²) >= 11 is 0. The number of nitrogens with one attached hydrogen (secondary N) is 1. The molecular weight excluding hydrogens is 194 g/mol. The van der Waals surface area contributed by atoms with Crippen LogP contribution >= 0.6 is 0 Å². The SMILES string of the molecule is CC(C)(C)OC(=O)NC[C@H]1CCCOC1. The average Bonchev–Trinajstić information content (AvgIpc) is 2.14. The summed E-state index contributed by atoms with van der Waals surface area (Å²) in [5, 5.41) is 2.77. The normalized spacial score (nSPS) is 22.2. The number of carbonyl (C=O) groups excluding carboxylic acids is 1. The Balaban J connectivity index is 2.15. The van der Waals surface area contributed by atoms with Crippen LogP contribution in [0.1, 0.15) is 33.6 Å². The molecule has 1 heterocycles. The third-order valence-electron chi connectivity index (χ3n) is 2.19. The number of amides is 1. The second-order valence-electron chi connectivity index (χ2n) is 4.97. The maximum atomic E-state index is 11.3. The lowest BCUT2D eigenvalue weighted by Crippen LogP contribution is -2.37. The highest BCUT2D eigenvalue weighted by Gasteiger charge is 2.18. The van der Waals surface area contributed by atoms with Gasteiger partial charge in [-0.25, -0.2) is 4.79 Å². The van der Waals surface area contributed by atoms with Crippen LogP contribution in [0.3, 0.4) is 0 Å². The monoisotopic (exact) mass is 215 g/mol. The van der Waals surface area contributed by atoms with Gasteiger partial charge in [-0.1, -0.05) is 0 Å². The Morgan fingerprint density at radius 3 is 2.80 bits per heavy atom. The van der Waals surface area contributed by atoms with Gasteiger partial charge < -0.3 is 14.8 Å². The van der Waals surface area contributed by atoms with E-state index in [4.69, 9.17) is 9.47 Å². The lowest BCUT2D eigenvalue weighted by atomic mass is 10.0. The standard InChI is InChI=1S/C11H21NO3/c1-11(2,3)15-10(13)12-7-9-5-4-6-14-8-9/h9H,4-8H2,1-3H3,(H,12,13)/t9-/m1/s1. The molecule has 0 unspecified atom stereocenters. The van der Waals surface area contributed by atoms with Crippen molar-refractivity contribution >= 4 is 6.09 Å². The van der Waals surface area contributed by atoms with Gasteiger partial charge in [-0.05, 0) is 39.5 Å². The molecule has 15 heavy (non-hydrogen) atoms. The molecule has 1 fully saturated rings. The van der Waals surface area contributed by atoms with E-state index in [0.717, 1.165) is 26.1 Å². The van der Waals surface area contributed by atoms with Gasteiger partial charge in [-0.3, -0.25) is 0 Å². The minimum absolute atomic E-state index is 0.340. The van der Waals surface area contributed by atoms with E-state index in [9.17, 15) is 4.79 Å². The Morgan fingerprint density at radius 2 is 2.27 bits per heavy atom. The zero-order chi connectivity index (χ0) is 11.3. The van der Waals surface area contributed by atoms with Crippen LogP contribution in [0.2, 0.25) is 0 Å². The van der Waals surface area contributed by atoms with Crippen LogP contribution in [0.15, 0.2) is 0 Å². The second-order valence-corrected chi connectivity index (χ2v) is 4.97. The number of alkyl carbamates (subject to hydrolysis) is 1. The van der Waals surface area contributed by atoms with Gasteiger partial charge in [0.2, 0.25) is 0 Å². The molecule has 1 aliphatic rings. The van der Waals surface area contributed by atoms with Crippen LogP contribution in [0.5, 0.6) is 0 Å². The molecule has 1 amide bonds. The largest absolute Gasteiger partial charge is 0.444 e. The summed E-state index contributed by atoms with van der Waals surface area (Å²) < 4.78 is 10.5. The highest BCUT2D eigenvalue weighted by Crippen LogP contribution is 2.12. The summed E-state index contributed by atoms with van der Waals surface area (Å²) in [6, 6.07) is 0. The van der Waals surface area contributed by atoms with E-state index < -0.39 is 5.60 Å². The van der Waals surface area contributed by atoms with Gasteiger partial charge >= 0.3 is 6.09 Å². The van der Waals surface area contributed by atoms with Gasteiger partial charge in [-0.2, -0.15) is 0 Å². The minimum Gasteiger partial charge on any atom is -0.444 e. The molecule has 4 heteroatoms. The Kier molecular flexibility index (Phi) is 4.39. The molecule has 0 aromatic heterocycles. The smallest absolute Gasteiger partial charge is 0.407 e. The third-order valence-corrected chi connectivity index (χ3v) is 2.19. The summed E-state index contributed by atoms with van der Waals surface area (Å²) in [6.45, 7) is 7.82. The molecule has 0 aromatic carbocycles. The van der Waals surface area contributed by atoms with E-state index in [-0.39, 0.29) is 6.09 Å². The molecule has 1 aliphatic heterocycles. The first-order chi connectivity index (χ1) is 6.97. The lowest BCUT2D eigenvalue weighted by molar-refractivity contribution is 0.0403. The first kappa shape index (κ1) is 12.3. The van der Waals surface area contributed by atoms with Crippen LogP contribution in [0.4, 0.5) is 4.79 Å². The minimum atomic E-state index is -0.423. The maximum absolute atomic E-state index is 11.3. The van der Waals surface area contributed by atoms with Crippen LogP contribution in [-0.4, -0.2) is 31.5 Å². The highest BCUT2D eigenvalue weighted by molar-refractivity contribution is 5.67. The van der Waals surface area contributed by atoms with Gasteiger partial charge in [-0.15, -0.1) is 0 Å². The summed E-state index contributed by atoms with van der Waals surface area (Å²) in [6.07, 6.45) is 1.87. The fourth-order valence-corrected chi connectivity index (χ4v) is 1.51. The Morgan fingerprint density at radius 1 is 1.53 bits per heavy atom. The zero-order valence-electron chi connectivity index (χ0n) is 9.84. The molecule has 0 saturated carbocycles. The van der Waals surface area contributed by atoms with Crippen LogP contribution in [0, 0.1) is 5.92 Å². The highest BCUT2D eigenvalue weighted by atomic mass is 16.6. The van der Waals surface area contributed by atoms with E-state index in [1.807, 2.05) is 20.8 Å². The van der Waals surface area contributed by atoms with Crippen molar-refractivity contribution in [1.82, 2.24) is 5.32 Å². The molecule has 0 aromatic rings. The van der Waals surface area contributed by atoms with Crippen molar-refractivity contribution in [3.05, 3.63) is 0 Å². The number of ether oxygens (including phenoxy) is 2. The molecule has 4 nitrogen and oxygen atoms in total. The molecule has 0 aliphatic carbocycles. The van der Waals surface area contributed by atoms with Gasteiger partial charge in [0.25, 0.3) is 0 Å². The number of carbonyl (C=O) groups is 1. The maximum Gasteiger partial charge on any atom is 0.407 e. The first-order valence-corrected chi connectivity index (χ1v) is 5.52. The molecular formula is C11H21NO3. The van der Waals surface area contributed by atoms with Crippen molar-refractivity contribution in [2.45, 2.75) is 39.2 Å². The van der Waals surface area contributed by atoms with E-state index in [1.165, 1.54) is 0 Å². The van der Waals surface area contributed by atoms with Gasteiger partial charge in [0.15, 0.2) is 0 Å². The van der Waals surface area contributed by atoms with Crippen molar-refractivity contribution in [3.8, 4) is 0 Å². The molecule has 1 atom stereocenters. The third kappa shape index (κ3) is 5.62. The van der Waals surface area contributed by atoms with E-state index >= 15 is 0 Å². The molecule has 1 saturated heterocycles. The molecule has 1 N–H and O–H groups in total. The van der Waals surface area contributed by atoms with Crippen LogP contribution in [0.25, 0.3) is 0 Å². The number of rotatable bonds is 2. The topological polar surface area (TPSA) is 47.6 Å². The Bertz CT molecular complexity index is 204. The summed E-state index contributed by atoms with van der Waals surface area (Å²) in [4.78, 5) is 11.3.